The summed E-state index contributed by atoms with van der Waals surface area (Å²) in [5, 5.41) is 6.29. The van der Waals surface area contributed by atoms with E-state index >= 15 is 0 Å². The molecule has 4 nitrogen and oxygen atoms in total. The number of anilines is 2. The van der Waals surface area contributed by atoms with Crippen LogP contribution in [0.15, 0.2) is 66.4 Å². The average Bonchev–Trinajstić information content (AvgIpc) is 2.63. The molecule has 0 heterocycles. The van der Waals surface area contributed by atoms with Gasteiger partial charge in [-0.05, 0) is 30.0 Å². The Balaban J connectivity index is 1.78. The van der Waals surface area contributed by atoms with Gasteiger partial charge in [0, 0.05) is 24.1 Å². The van der Waals surface area contributed by atoms with Gasteiger partial charge in [-0.3, -0.25) is 9.59 Å². The summed E-state index contributed by atoms with van der Waals surface area (Å²) in [6.07, 6.45) is 2.98. The third-order valence-corrected chi connectivity index (χ3v) is 4.52. The molecule has 1 aliphatic rings. The Labute approximate surface area is 154 Å². The molecule has 0 saturated carbocycles. The number of amides is 1. The zero-order valence-corrected chi connectivity index (χ0v) is 15.2. The highest BCUT2D eigenvalue weighted by atomic mass is 16.1. The molecule has 2 aromatic carbocycles. The van der Waals surface area contributed by atoms with E-state index in [-0.39, 0.29) is 23.5 Å². The Kier molecular flexibility index (Phi) is 5.52. The fourth-order valence-corrected chi connectivity index (χ4v) is 3.09. The fraction of sp³-hybridized carbons (Fsp3) is 0.273. The van der Waals surface area contributed by atoms with E-state index in [1.54, 1.807) is 6.08 Å². The van der Waals surface area contributed by atoms with E-state index in [9.17, 15) is 9.59 Å². The molecule has 4 heteroatoms. The number of para-hydroxylation sites is 2. The molecule has 0 fully saturated rings. The number of allylic oxidation sites excluding steroid dienone is 2. The van der Waals surface area contributed by atoms with Gasteiger partial charge in [0.25, 0.3) is 0 Å². The van der Waals surface area contributed by atoms with E-state index in [2.05, 4.69) is 22.8 Å². The van der Waals surface area contributed by atoms with Gasteiger partial charge in [-0.15, -0.1) is 0 Å². The van der Waals surface area contributed by atoms with E-state index in [4.69, 9.17) is 0 Å². The van der Waals surface area contributed by atoms with E-state index in [1.807, 2.05) is 56.3 Å². The van der Waals surface area contributed by atoms with Crippen LogP contribution in [-0.4, -0.2) is 11.7 Å². The number of hydrogen-bond acceptors (Lipinski definition) is 3. The maximum absolute atomic E-state index is 12.2. The van der Waals surface area contributed by atoms with E-state index in [0.29, 0.717) is 6.42 Å². The largest absolute Gasteiger partial charge is 0.357 e. The molecule has 26 heavy (non-hydrogen) atoms. The number of carbonyl (C=O) groups excluding carboxylic acids is 2. The fourth-order valence-electron chi connectivity index (χ4n) is 3.09. The summed E-state index contributed by atoms with van der Waals surface area (Å²) < 4.78 is 0. The lowest BCUT2D eigenvalue weighted by Gasteiger charge is -2.24. The number of carbonyl (C=O) groups is 2. The van der Waals surface area contributed by atoms with Crippen molar-refractivity contribution in [2.45, 2.75) is 32.6 Å². The first-order valence-electron chi connectivity index (χ1n) is 8.98. The second-order valence-electron chi connectivity index (χ2n) is 6.97. The van der Waals surface area contributed by atoms with Gasteiger partial charge in [-0.25, -0.2) is 0 Å². The van der Waals surface area contributed by atoms with Crippen LogP contribution in [0.3, 0.4) is 0 Å². The van der Waals surface area contributed by atoms with Crippen LogP contribution in [0.1, 0.15) is 38.2 Å². The van der Waals surface area contributed by atoms with Crippen LogP contribution >= 0.6 is 0 Å². The zero-order chi connectivity index (χ0) is 18.5. The monoisotopic (exact) mass is 348 g/mol. The first-order valence-corrected chi connectivity index (χ1v) is 8.98. The summed E-state index contributed by atoms with van der Waals surface area (Å²) in [5.74, 6) is 0.168. The molecule has 2 aromatic rings. The Morgan fingerprint density at radius 3 is 2.31 bits per heavy atom. The molecular formula is C22H24N2O2. The van der Waals surface area contributed by atoms with Crippen LogP contribution in [-0.2, 0) is 9.59 Å². The number of nitrogens with one attached hydrogen (secondary N) is 2. The zero-order valence-electron chi connectivity index (χ0n) is 15.2. The Morgan fingerprint density at radius 1 is 0.962 bits per heavy atom. The Hall–Kier alpha value is -2.88. The SMILES string of the molecule is CC(C)C(=O)Nc1ccccc1NC1=CC(=O)C[C@H](c2ccccc2)C1. The Bertz CT molecular complexity index is 825. The van der Waals surface area contributed by atoms with E-state index in [1.165, 1.54) is 5.56 Å². The van der Waals surface area contributed by atoms with E-state index < -0.39 is 0 Å². The Morgan fingerprint density at radius 2 is 1.62 bits per heavy atom. The molecule has 1 amide bonds. The summed E-state index contributed by atoms with van der Waals surface area (Å²) in [6.45, 7) is 3.72. The predicted molar refractivity (Wildman–Crippen MR) is 105 cm³/mol. The summed E-state index contributed by atoms with van der Waals surface area (Å²) in [7, 11) is 0. The number of benzene rings is 2. The lowest BCUT2D eigenvalue weighted by Crippen LogP contribution is -2.20. The molecule has 0 aliphatic heterocycles. The van der Waals surface area contributed by atoms with Crippen LogP contribution in [0.2, 0.25) is 0 Å². The van der Waals surface area contributed by atoms with Crippen molar-refractivity contribution >= 4 is 23.1 Å². The summed E-state index contributed by atoms with van der Waals surface area (Å²) in [6, 6.07) is 17.7. The van der Waals surface area contributed by atoms with Crippen LogP contribution in [0.4, 0.5) is 11.4 Å². The molecular weight excluding hydrogens is 324 g/mol. The van der Waals surface area contributed by atoms with Crippen LogP contribution < -0.4 is 10.6 Å². The average molecular weight is 348 g/mol. The highest BCUT2D eigenvalue weighted by Gasteiger charge is 2.22. The van der Waals surface area contributed by atoms with Gasteiger partial charge in [0.15, 0.2) is 5.78 Å². The van der Waals surface area contributed by atoms with Crippen molar-refractivity contribution in [1.29, 1.82) is 0 Å². The first kappa shape index (κ1) is 17.9. The quantitative estimate of drug-likeness (QED) is 0.822. The predicted octanol–water partition coefficient (Wildman–Crippen LogP) is 4.72. The topological polar surface area (TPSA) is 58.2 Å². The third kappa shape index (κ3) is 4.39. The van der Waals surface area contributed by atoms with Crippen molar-refractivity contribution in [3.63, 3.8) is 0 Å². The third-order valence-electron chi connectivity index (χ3n) is 4.52. The second kappa shape index (κ2) is 8.00. The van der Waals surface area contributed by atoms with Gasteiger partial charge < -0.3 is 10.6 Å². The minimum Gasteiger partial charge on any atom is -0.357 e. The molecule has 0 spiro atoms. The molecule has 3 rings (SSSR count). The van der Waals surface area contributed by atoms with Crippen molar-refractivity contribution in [3.05, 3.63) is 71.9 Å². The summed E-state index contributed by atoms with van der Waals surface area (Å²) in [4.78, 5) is 24.3. The smallest absolute Gasteiger partial charge is 0.226 e. The molecule has 0 bridgehead atoms. The maximum atomic E-state index is 12.2. The van der Waals surface area contributed by atoms with Gasteiger partial charge >= 0.3 is 0 Å². The van der Waals surface area contributed by atoms with Gasteiger partial charge in [-0.2, -0.15) is 0 Å². The van der Waals surface area contributed by atoms with Crippen molar-refractivity contribution in [2.75, 3.05) is 10.6 Å². The lowest BCUT2D eigenvalue weighted by molar-refractivity contribution is -0.119. The summed E-state index contributed by atoms with van der Waals surface area (Å²) >= 11 is 0. The molecule has 2 N–H and O–H groups in total. The highest BCUT2D eigenvalue weighted by Crippen LogP contribution is 2.33. The van der Waals surface area contributed by atoms with Gasteiger partial charge in [0.1, 0.15) is 0 Å². The normalized spacial score (nSPS) is 17.0. The molecule has 1 atom stereocenters. The summed E-state index contributed by atoms with van der Waals surface area (Å²) in [5.41, 5.74) is 3.58. The van der Waals surface area contributed by atoms with Crippen molar-refractivity contribution in [3.8, 4) is 0 Å². The minimum atomic E-state index is -0.0963. The van der Waals surface area contributed by atoms with Crippen LogP contribution in [0.25, 0.3) is 0 Å². The molecule has 1 aliphatic carbocycles. The van der Waals surface area contributed by atoms with Gasteiger partial charge in [0.05, 0.1) is 11.4 Å². The molecule has 0 radical (unpaired) electrons. The van der Waals surface area contributed by atoms with Gasteiger partial charge in [-0.1, -0.05) is 56.3 Å². The first-order chi connectivity index (χ1) is 12.5. The van der Waals surface area contributed by atoms with Crippen molar-refractivity contribution < 1.29 is 9.59 Å². The van der Waals surface area contributed by atoms with E-state index in [0.717, 1.165) is 23.5 Å². The van der Waals surface area contributed by atoms with Gasteiger partial charge in [0.2, 0.25) is 5.91 Å². The highest BCUT2D eigenvalue weighted by molar-refractivity contribution is 5.96. The van der Waals surface area contributed by atoms with Crippen molar-refractivity contribution in [1.82, 2.24) is 0 Å². The molecule has 0 saturated heterocycles. The molecule has 134 valence electrons. The molecule has 0 aromatic heterocycles. The number of rotatable bonds is 5. The van der Waals surface area contributed by atoms with Crippen molar-refractivity contribution in [2.24, 2.45) is 5.92 Å². The van der Waals surface area contributed by atoms with Crippen LogP contribution in [0, 0.1) is 5.92 Å². The lowest BCUT2D eigenvalue weighted by atomic mass is 9.85. The number of ketones is 1. The van der Waals surface area contributed by atoms with Crippen LogP contribution in [0.5, 0.6) is 0 Å². The number of hydrogen-bond donors (Lipinski definition) is 2. The minimum absolute atomic E-state index is 0.0323. The second-order valence-corrected chi connectivity index (χ2v) is 6.97. The molecule has 0 unspecified atom stereocenters. The standard InChI is InChI=1S/C22H24N2O2/c1-15(2)22(26)24-21-11-7-6-10-20(21)23-18-12-17(13-19(25)14-18)16-8-4-3-5-9-16/h3-11,14-15,17,23H,12-13H2,1-2H3,(H,24,26)/t17-/m1/s1. The maximum Gasteiger partial charge on any atom is 0.226 e.